The van der Waals surface area contributed by atoms with E-state index in [1.165, 1.54) is 0 Å². The smallest absolute Gasteiger partial charge is 0.320 e. The Morgan fingerprint density at radius 3 is 2.61 bits per heavy atom. The number of hydrogen-bond acceptors (Lipinski definition) is 5. The van der Waals surface area contributed by atoms with Crippen LogP contribution in [-0.4, -0.2) is 30.7 Å². The van der Waals surface area contributed by atoms with Crippen LogP contribution in [-0.2, 0) is 20.7 Å². The van der Waals surface area contributed by atoms with Gasteiger partial charge in [0.2, 0.25) is 0 Å². The fraction of sp³-hybridized carbons (Fsp3) is 0.500. The molecule has 0 saturated carbocycles. The molecule has 1 aliphatic carbocycles. The molecule has 2 rings (SSSR count). The molecule has 1 atom stereocenters. The molecule has 1 aliphatic rings. The molecule has 0 aliphatic heterocycles. The number of hydrogen-bond donors (Lipinski definition) is 0. The highest BCUT2D eigenvalue weighted by Gasteiger charge is 2.53. The molecule has 5 heteroatoms. The van der Waals surface area contributed by atoms with Gasteiger partial charge in [-0.25, -0.2) is 0 Å². The van der Waals surface area contributed by atoms with E-state index in [-0.39, 0.29) is 25.0 Å². The molecule has 0 amide bonds. The first kappa shape index (κ1) is 17.2. The summed E-state index contributed by atoms with van der Waals surface area (Å²) >= 11 is 0. The normalized spacial score (nSPS) is 20.1. The van der Waals surface area contributed by atoms with Crippen LogP contribution in [0.2, 0.25) is 0 Å². The molecule has 5 nitrogen and oxygen atoms in total. The molecule has 0 unspecified atom stereocenters. The number of ketones is 1. The van der Waals surface area contributed by atoms with E-state index in [1.54, 1.807) is 46.1 Å². The number of carbonyl (C=O) groups excluding carboxylic acids is 3. The molecule has 23 heavy (non-hydrogen) atoms. The Bertz CT molecular complexity index is 641. The number of Topliss-reactive ketones (excluding diaryl/α,β-unsaturated/α-hetero) is 1. The predicted octanol–water partition coefficient (Wildman–Crippen LogP) is 2.74. The Kier molecular flexibility index (Phi) is 4.59. The predicted molar refractivity (Wildman–Crippen MR) is 84.6 cm³/mol. The van der Waals surface area contributed by atoms with Gasteiger partial charge in [0.05, 0.1) is 7.11 Å². The number of carbonyl (C=O) groups is 3. The van der Waals surface area contributed by atoms with E-state index in [0.29, 0.717) is 11.3 Å². The van der Waals surface area contributed by atoms with Crippen LogP contribution in [0.4, 0.5) is 0 Å². The molecule has 0 fully saturated rings. The van der Waals surface area contributed by atoms with Crippen LogP contribution in [0.3, 0.4) is 0 Å². The first-order valence-corrected chi connectivity index (χ1v) is 7.62. The Morgan fingerprint density at radius 1 is 1.35 bits per heavy atom. The summed E-state index contributed by atoms with van der Waals surface area (Å²) in [6, 6.07) is 5.13. The van der Waals surface area contributed by atoms with E-state index in [2.05, 4.69) is 0 Å². The van der Waals surface area contributed by atoms with Crippen LogP contribution in [0.25, 0.3) is 0 Å². The number of benzene rings is 1. The Morgan fingerprint density at radius 2 is 2.04 bits per heavy atom. The zero-order valence-electron chi connectivity index (χ0n) is 14.0. The molecule has 0 saturated heterocycles. The van der Waals surface area contributed by atoms with Gasteiger partial charge < -0.3 is 14.3 Å². The molecule has 0 N–H and O–H groups in total. The van der Waals surface area contributed by atoms with Gasteiger partial charge in [0.15, 0.2) is 5.78 Å². The lowest BCUT2D eigenvalue weighted by Crippen LogP contribution is -2.42. The molecular weight excluding hydrogens is 296 g/mol. The van der Waals surface area contributed by atoms with Crippen LogP contribution in [0, 0.1) is 5.41 Å². The zero-order chi connectivity index (χ0) is 17.3. The summed E-state index contributed by atoms with van der Waals surface area (Å²) in [5, 5.41) is 0. The first-order chi connectivity index (χ1) is 10.7. The molecule has 0 heterocycles. The van der Waals surface area contributed by atoms with Crippen molar-refractivity contribution in [1.82, 2.24) is 0 Å². The van der Waals surface area contributed by atoms with E-state index >= 15 is 0 Å². The van der Waals surface area contributed by atoms with Crippen LogP contribution in [0.1, 0.15) is 49.5 Å². The van der Waals surface area contributed by atoms with Gasteiger partial charge in [-0.05, 0) is 57.4 Å². The molecule has 1 aromatic carbocycles. The van der Waals surface area contributed by atoms with Gasteiger partial charge in [-0.2, -0.15) is 0 Å². The maximum atomic E-state index is 12.9. The molecule has 0 aromatic heterocycles. The van der Waals surface area contributed by atoms with Gasteiger partial charge in [-0.15, -0.1) is 0 Å². The zero-order valence-corrected chi connectivity index (χ0v) is 14.0. The summed E-state index contributed by atoms with van der Waals surface area (Å²) in [5.41, 5.74) is -0.755. The van der Waals surface area contributed by atoms with Crippen molar-refractivity contribution in [2.75, 3.05) is 7.11 Å². The van der Waals surface area contributed by atoms with Crippen molar-refractivity contribution in [2.45, 2.75) is 45.6 Å². The average Bonchev–Trinajstić information content (AvgIpc) is 2.76. The van der Waals surface area contributed by atoms with Crippen LogP contribution < -0.4 is 4.74 Å². The summed E-state index contributed by atoms with van der Waals surface area (Å²) in [7, 11) is 1.55. The monoisotopic (exact) mass is 318 g/mol. The van der Waals surface area contributed by atoms with Crippen molar-refractivity contribution in [3.8, 4) is 5.75 Å². The quantitative estimate of drug-likeness (QED) is 0.474. The molecule has 0 spiro atoms. The largest absolute Gasteiger partial charge is 0.497 e. The molecule has 124 valence electrons. The minimum Gasteiger partial charge on any atom is -0.497 e. The van der Waals surface area contributed by atoms with Gasteiger partial charge in [0.25, 0.3) is 0 Å². The molecule has 0 radical (unpaired) electrons. The van der Waals surface area contributed by atoms with Crippen LogP contribution in [0.5, 0.6) is 5.75 Å². The summed E-state index contributed by atoms with van der Waals surface area (Å²) < 4.78 is 10.7. The fourth-order valence-corrected chi connectivity index (χ4v) is 2.88. The minimum absolute atomic E-state index is 0.135. The third-order valence-corrected chi connectivity index (χ3v) is 3.96. The Hall–Kier alpha value is -2.17. The lowest BCUT2D eigenvalue weighted by molar-refractivity contribution is -0.164. The van der Waals surface area contributed by atoms with Gasteiger partial charge in [-0.3, -0.25) is 9.59 Å². The van der Waals surface area contributed by atoms with Crippen LogP contribution in [0.15, 0.2) is 18.2 Å². The minimum atomic E-state index is -1.32. The van der Waals surface area contributed by atoms with E-state index < -0.39 is 17.0 Å². The van der Waals surface area contributed by atoms with Gasteiger partial charge >= 0.3 is 5.97 Å². The van der Waals surface area contributed by atoms with Gasteiger partial charge in [0, 0.05) is 12.0 Å². The van der Waals surface area contributed by atoms with E-state index in [4.69, 9.17) is 9.47 Å². The van der Waals surface area contributed by atoms with Crippen LogP contribution >= 0.6 is 0 Å². The summed E-state index contributed by atoms with van der Waals surface area (Å²) in [5.74, 6) is -0.204. The second-order valence-electron chi connectivity index (χ2n) is 6.82. The lowest BCUT2D eigenvalue weighted by Gasteiger charge is -2.29. The van der Waals surface area contributed by atoms with Crippen molar-refractivity contribution >= 4 is 18.0 Å². The Labute approximate surface area is 136 Å². The summed E-state index contributed by atoms with van der Waals surface area (Å²) in [6.45, 7) is 5.27. The first-order valence-electron chi connectivity index (χ1n) is 7.62. The van der Waals surface area contributed by atoms with E-state index in [1.807, 2.05) is 0 Å². The maximum Gasteiger partial charge on any atom is 0.320 e. The Balaban J connectivity index is 2.42. The average molecular weight is 318 g/mol. The standard InChI is InChI=1S/C18H22O5/c1-17(2,3)23-16(21)18(8-5-9-19)11-12-10-13(22-4)6-7-14(12)15(18)20/h6-7,9-10H,5,8,11H2,1-4H3/t18-/m1/s1. The molecular formula is C18H22O5. The van der Waals surface area contributed by atoms with Crippen molar-refractivity contribution in [3.63, 3.8) is 0 Å². The van der Waals surface area contributed by atoms with Crippen molar-refractivity contribution < 1.29 is 23.9 Å². The SMILES string of the molecule is COc1ccc2c(c1)C[C@@](CCC=O)(C(=O)OC(C)(C)C)C2=O. The van der Waals surface area contributed by atoms with Gasteiger partial charge in [-0.1, -0.05) is 0 Å². The van der Waals surface area contributed by atoms with Crippen molar-refractivity contribution in [3.05, 3.63) is 29.3 Å². The number of aldehydes is 1. The molecule has 0 bridgehead atoms. The van der Waals surface area contributed by atoms with Gasteiger partial charge in [0.1, 0.15) is 23.1 Å². The number of methoxy groups -OCH3 is 1. The summed E-state index contributed by atoms with van der Waals surface area (Å²) in [4.78, 5) is 36.4. The van der Waals surface area contributed by atoms with E-state index in [9.17, 15) is 14.4 Å². The van der Waals surface area contributed by atoms with Crippen molar-refractivity contribution in [1.29, 1.82) is 0 Å². The highest BCUT2D eigenvalue weighted by Crippen LogP contribution is 2.43. The lowest BCUT2D eigenvalue weighted by atomic mass is 9.79. The number of ether oxygens (including phenoxy) is 2. The highest BCUT2D eigenvalue weighted by atomic mass is 16.6. The third kappa shape index (κ3) is 3.28. The van der Waals surface area contributed by atoms with Crippen molar-refractivity contribution in [2.24, 2.45) is 5.41 Å². The third-order valence-electron chi connectivity index (χ3n) is 3.96. The topological polar surface area (TPSA) is 69.7 Å². The highest BCUT2D eigenvalue weighted by molar-refractivity contribution is 6.16. The fourth-order valence-electron chi connectivity index (χ4n) is 2.88. The molecule has 1 aromatic rings. The second kappa shape index (κ2) is 6.14. The number of rotatable bonds is 5. The number of esters is 1. The maximum absolute atomic E-state index is 12.9. The van der Waals surface area contributed by atoms with E-state index in [0.717, 1.165) is 11.8 Å². The second-order valence-corrected chi connectivity index (χ2v) is 6.82. The summed E-state index contributed by atoms with van der Waals surface area (Å²) in [6.07, 6.45) is 1.25. The number of fused-ring (bicyclic) bond motifs is 1.